The van der Waals surface area contributed by atoms with Gasteiger partial charge in [-0.1, -0.05) is 42.5 Å². The van der Waals surface area contributed by atoms with Crippen molar-refractivity contribution in [1.29, 1.82) is 0 Å². The van der Waals surface area contributed by atoms with Crippen molar-refractivity contribution < 1.29 is 9.52 Å². The number of pyridine rings is 1. The highest BCUT2D eigenvalue weighted by atomic mass is 32.2. The molecule has 0 spiro atoms. The van der Waals surface area contributed by atoms with Crippen molar-refractivity contribution >= 4 is 62.6 Å². The molecule has 0 aliphatic rings. The summed E-state index contributed by atoms with van der Waals surface area (Å²) in [6.07, 6.45) is 6.29. The van der Waals surface area contributed by atoms with E-state index < -0.39 is 0 Å². The molecule has 0 radical (unpaired) electrons. The predicted octanol–water partition coefficient (Wildman–Crippen LogP) is 6.43. The lowest BCUT2D eigenvalue weighted by Crippen LogP contribution is -2.06. The summed E-state index contributed by atoms with van der Waals surface area (Å²) in [7, 11) is 0. The van der Waals surface area contributed by atoms with Crippen LogP contribution < -0.4 is 5.32 Å². The van der Waals surface area contributed by atoms with Gasteiger partial charge in [-0.3, -0.25) is 0 Å². The van der Waals surface area contributed by atoms with E-state index >= 15 is 0 Å². The monoisotopic (exact) mass is 426 g/mol. The first-order valence-electron chi connectivity index (χ1n) is 10.2. The van der Waals surface area contributed by atoms with Crippen LogP contribution in [0.25, 0.3) is 45.1 Å². The van der Waals surface area contributed by atoms with Crippen LogP contribution in [-0.4, -0.2) is 29.5 Å². The highest BCUT2D eigenvalue weighted by molar-refractivity contribution is 7.98. The van der Waals surface area contributed by atoms with Gasteiger partial charge in [-0.2, -0.15) is 0 Å². The third-order valence-electron chi connectivity index (χ3n) is 5.32. The average Bonchev–Trinajstić information content (AvgIpc) is 3.19. The number of rotatable bonds is 6. The second kappa shape index (κ2) is 8.46. The predicted molar refractivity (Wildman–Crippen MR) is 132 cm³/mol. The standard InChI is InChI=1S/C26H22N2O2S/c1-31-19-11-8-17(9-12-19)6-7-18-10-13-22-21(16-18)24(27-14-15-29)26-25(28-22)20-4-2-3-5-23(20)30-26/h2-13,16,29H,14-15H2,1H3,(H,27,28)/b7-6+. The molecule has 0 fully saturated rings. The summed E-state index contributed by atoms with van der Waals surface area (Å²) in [4.78, 5) is 6.14. The molecule has 4 nitrogen and oxygen atoms in total. The van der Waals surface area contributed by atoms with Gasteiger partial charge in [0.1, 0.15) is 11.1 Å². The Morgan fingerprint density at radius 2 is 1.74 bits per heavy atom. The van der Waals surface area contributed by atoms with Crippen molar-refractivity contribution in [1.82, 2.24) is 4.98 Å². The molecule has 0 saturated heterocycles. The molecule has 0 aliphatic carbocycles. The Morgan fingerprint density at radius 1 is 0.968 bits per heavy atom. The van der Waals surface area contributed by atoms with E-state index in [4.69, 9.17) is 9.40 Å². The lowest BCUT2D eigenvalue weighted by Gasteiger charge is -2.10. The Kier molecular flexibility index (Phi) is 5.37. The van der Waals surface area contributed by atoms with E-state index in [-0.39, 0.29) is 6.61 Å². The van der Waals surface area contributed by atoms with Gasteiger partial charge in [-0.15, -0.1) is 11.8 Å². The Hall–Kier alpha value is -3.28. The lowest BCUT2D eigenvalue weighted by molar-refractivity contribution is 0.311. The molecule has 0 amide bonds. The minimum absolute atomic E-state index is 0.0389. The molecule has 5 aromatic rings. The van der Waals surface area contributed by atoms with E-state index in [0.717, 1.165) is 49.8 Å². The summed E-state index contributed by atoms with van der Waals surface area (Å²) in [5.41, 5.74) is 6.34. The van der Waals surface area contributed by atoms with E-state index in [1.165, 1.54) is 4.90 Å². The second-order valence-electron chi connectivity index (χ2n) is 7.30. The summed E-state index contributed by atoms with van der Waals surface area (Å²) >= 11 is 1.74. The smallest absolute Gasteiger partial charge is 0.177 e. The number of nitrogens with one attached hydrogen (secondary N) is 1. The number of aromatic nitrogens is 1. The first-order valence-corrected chi connectivity index (χ1v) is 11.4. The normalized spacial score (nSPS) is 11.8. The summed E-state index contributed by atoms with van der Waals surface area (Å²) in [5.74, 6) is 0. The maximum absolute atomic E-state index is 9.39. The molecule has 2 aromatic heterocycles. The quantitative estimate of drug-likeness (QED) is 0.242. The molecule has 154 valence electrons. The van der Waals surface area contributed by atoms with Gasteiger partial charge in [0.25, 0.3) is 0 Å². The molecule has 5 heteroatoms. The van der Waals surface area contributed by atoms with Crippen molar-refractivity contribution in [3.8, 4) is 0 Å². The Labute approximate surface area is 184 Å². The average molecular weight is 427 g/mol. The first-order chi connectivity index (χ1) is 15.3. The van der Waals surface area contributed by atoms with Crippen molar-refractivity contribution in [2.45, 2.75) is 4.90 Å². The van der Waals surface area contributed by atoms with Gasteiger partial charge in [-0.05, 0) is 53.8 Å². The van der Waals surface area contributed by atoms with Gasteiger partial charge in [-0.25, -0.2) is 4.98 Å². The van der Waals surface area contributed by atoms with Gasteiger partial charge < -0.3 is 14.8 Å². The number of thioether (sulfide) groups is 1. The number of hydrogen-bond donors (Lipinski definition) is 2. The van der Waals surface area contributed by atoms with Gasteiger partial charge >= 0.3 is 0 Å². The van der Waals surface area contributed by atoms with Crippen LogP contribution in [-0.2, 0) is 0 Å². The molecule has 0 atom stereocenters. The molecule has 0 bridgehead atoms. The molecule has 31 heavy (non-hydrogen) atoms. The summed E-state index contributed by atoms with van der Waals surface area (Å²) in [6, 6.07) is 22.7. The third kappa shape index (κ3) is 3.78. The fourth-order valence-electron chi connectivity index (χ4n) is 3.77. The SMILES string of the molecule is CSc1ccc(/C=C/c2ccc3nc4c(oc5ccccc54)c(NCCO)c3c2)cc1. The molecule has 0 unspecified atom stereocenters. The molecule has 3 aromatic carbocycles. The Balaban J connectivity index is 1.62. The summed E-state index contributed by atoms with van der Waals surface area (Å²) in [6.45, 7) is 0.476. The van der Waals surface area contributed by atoms with E-state index in [0.29, 0.717) is 6.54 Å². The molecule has 5 rings (SSSR count). The van der Waals surface area contributed by atoms with Crippen molar-refractivity contribution in [3.63, 3.8) is 0 Å². The highest BCUT2D eigenvalue weighted by Gasteiger charge is 2.16. The molecule has 2 heterocycles. The number of fused-ring (bicyclic) bond motifs is 4. The number of aliphatic hydroxyl groups is 1. The minimum Gasteiger partial charge on any atom is -0.452 e. The van der Waals surface area contributed by atoms with Crippen molar-refractivity contribution in [3.05, 3.63) is 77.9 Å². The van der Waals surface area contributed by atoms with Crippen LogP contribution in [0.3, 0.4) is 0 Å². The molecule has 0 saturated carbocycles. The molecule has 2 N–H and O–H groups in total. The number of furan rings is 1. The van der Waals surface area contributed by atoms with Gasteiger partial charge in [0.2, 0.25) is 0 Å². The number of aliphatic hydroxyl groups excluding tert-OH is 1. The summed E-state index contributed by atoms with van der Waals surface area (Å²) < 4.78 is 6.15. The maximum atomic E-state index is 9.39. The zero-order valence-electron chi connectivity index (χ0n) is 17.1. The molecular formula is C26H22N2O2S. The number of benzene rings is 3. The van der Waals surface area contributed by atoms with Crippen LogP contribution in [0.5, 0.6) is 0 Å². The van der Waals surface area contributed by atoms with Crippen LogP contribution in [0, 0.1) is 0 Å². The van der Waals surface area contributed by atoms with Gasteiger partial charge in [0, 0.05) is 22.2 Å². The number of hydrogen-bond acceptors (Lipinski definition) is 5. The van der Waals surface area contributed by atoms with Crippen LogP contribution in [0.1, 0.15) is 11.1 Å². The van der Waals surface area contributed by atoms with Crippen LogP contribution in [0.15, 0.2) is 76.0 Å². The van der Waals surface area contributed by atoms with Gasteiger partial charge in [0.15, 0.2) is 5.58 Å². The minimum atomic E-state index is 0.0389. The Bertz CT molecular complexity index is 1400. The van der Waals surface area contributed by atoms with Crippen LogP contribution in [0.4, 0.5) is 5.69 Å². The zero-order chi connectivity index (χ0) is 21.2. The van der Waals surface area contributed by atoms with E-state index in [1.807, 2.05) is 30.3 Å². The number of anilines is 1. The highest BCUT2D eigenvalue weighted by Crippen LogP contribution is 2.37. The number of nitrogens with zero attached hydrogens (tertiary/aromatic N) is 1. The number of para-hydroxylation sites is 1. The van der Waals surface area contributed by atoms with E-state index in [9.17, 15) is 5.11 Å². The van der Waals surface area contributed by atoms with Crippen LogP contribution in [0.2, 0.25) is 0 Å². The largest absolute Gasteiger partial charge is 0.452 e. The maximum Gasteiger partial charge on any atom is 0.177 e. The van der Waals surface area contributed by atoms with Gasteiger partial charge in [0.05, 0.1) is 17.8 Å². The van der Waals surface area contributed by atoms with Crippen molar-refractivity contribution in [2.75, 3.05) is 24.7 Å². The second-order valence-corrected chi connectivity index (χ2v) is 8.18. The lowest BCUT2D eigenvalue weighted by atomic mass is 10.1. The zero-order valence-corrected chi connectivity index (χ0v) is 17.9. The fraction of sp³-hybridized carbons (Fsp3) is 0.115. The topological polar surface area (TPSA) is 58.3 Å². The molecule has 0 aliphatic heterocycles. The van der Waals surface area contributed by atoms with Crippen molar-refractivity contribution in [2.24, 2.45) is 0 Å². The Morgan fingerprint density at radius 3 is 2.55 bits per heavy atom. The first kappa shape index (κ1) is 19.7. The van der Waals surface area contributed by atoms with Crippen LogP contribution >= 0.6 is 11.8 Å². The van der Waals surface area contributed by atoms with E-state index in [2.05, 4.69) is 60.1 Å². The van der Waals surface area contributed by atoms with E-state index in [1.54, 1.807) is 11.8 Å². The summed E-state index contributed by atoms with van der Waals surface area (Å²) in [5, 5.41) is 14.7. The molecular weight excluding hydrogens is 404 g/mol. The fourth-order valence-corrected chi connectivity index (χ4v) is 4.18. The third-order valence-corrected chi connectivity index (χ3v) is 6.06.